The number of hydrogen-bond acceptors (Lipinski definition) is 3. The Balaban J connectivity index is 2.64. The van der Waals surface area contributed by atoms with Crippen molar-refractivity contribution in [2.45, 2.75) is 13.0 Å². The lowest BCUT2D eigenvalue weighted by Gasteiger charge is -2.25. The average Bonchev–Trinajstić information content (AvgIpc) is 2.35. The minimum atomic E-state index is -1.07. The minimum Gasteiger partial charge on any atom is -0.480 e. The zero-order chi connectivity index (χ0) is 15.3. The van der Waals surface area contributed by atoms with Crippen LogP contribution in [0.15, 0.2) is 18.2 Å². The fourth-order valence-corrected chi connectivity index (χ4v) is 2.24. The molecule has 0 aliphatic rings. The summed E-state index contributed by atoms with van der Waals surface area (Å²) in [6.45, 7) is 1.59. The third-order valence-corrected chi connectivity index (χ3v) is 3.47. The van der Waals surface area contributed by atoms with Gasteiger partial charge in [-0.15, -0.1) is 0 Å². The van der Waals surface area contributed by atoms with E-state index in [1.54, 1.807) is 30.1 Å². The van der Waals surface area contributed by atoms with Crippen molar-refractivity contribution in [2.24, 2.45) is 0 Å². The van der Waals surface area contributed by atoms with E-state index in [1.807, 2.05) is 6.92 Å². The van der Waals surface area contributed by atoms with Crippen molar-refractivity contribution >= 4 is 35.1 Å². The van der Waals surface area contributed by atoms with E-state index in [4.69, 9.17) is 28.3 Å². The summed E-state index contributed by atoms with van der Waals surface area (Å²) in [4.78, 5) is 23.7. The molecule has 0 saturated heterocycles. The third-order valence-electron chi connectivity index (χ3n) is 2.90. The number of carboxylic acids is 1. The van der Waals surface area contributed by atoms with Gasteiger partial charge in [-0.25, -0.2) is 0 Å². The summed E-state index contributed by atoms with van der Waals surface area (Å²) < 4.78 is 0. The van der Waals surface area contributed by atoms with Crippen molar-refractivity contribution in [3.63, 3.8) is 0 Å². The quantitative estimate of drug-likeness (QED) is 0.843. The van der Waals surface area contributed by atoms with Crippen molar-refractivity contribution in [2.75, 3.05) is 20.1 Å². The molecule has 2 N–H and O–H groups in total. The number of carboxylic acid groups (broad SMARTS) is 1. The number of likely N-dealkylation sites (N-methyl/N-ethyl adjacent to an activating group) is 1. The van der Waals surface area contributed by atoms with Crippen LogP contribution in [0.1, 0.15) is 18.5 Å². The fraction of sp³-hybridized carbons (Fsp3) is 0.385. The van der Waals surface area contributed by atoms with Crippen molar-refractivity contribution in [1.82, 2.24) is 10.2 Å². The second-order valence-electron chi connectivity index (χ2n) is 4.43. The van der Waals surface area contributed by atoms with Crippen LogP contribution in [0, 0.1) is 0 Å². The van der Waals surface area contributed by atoms with Gasteiger partial charge in [-0.3, -0.25) is 14.5 Å². The van der Waals surface area contributed by atoms with Crippen LogP contribution in [0.5, 0.6) is 0 Å². The molecule has 0 saturated carbocycles. The van der Waals surface area contributed by atoms with E-state index in [0.717, 1.165) is 5.56 Å². The van der Waals surface area contributed by atoms with E-state index >= 15 is 0 Å². The molecule has 1 aromatic carbocycles. The topological polar surface area (TPSA) is 69.6 Å². The number of aliphatic carboxylic acids is 1. The van der Waals surface area contributed by atoms with Gasteiger partial charge in [-0.05, 0) is 31.7 Å². The van der Waals surface area contributed by atoms with E-state index < -0.39 is 5.97 Å². The van der Waals surface area contributed by atoms with Crippen molar-refractivity contribution < 1.29 is 14.7 Å². The Morgan fingerprint density at radius 3 is 2.60 bits per heavy atom. The lowest BCUT2D eigenvalue weighted by Crippen LogP contribution is -2.38. The largest absolute Gasteiger partial charge is 0.480 e. The molecule has 0 fully saturated rings. The van der Waals surface area contributed by atoms with Crippen LogP contribution in [0.25, 0.3) is 0 Å². The lowest BCUT2D eigenvalue weighted by molar-refractivity contribution is -0.138. The van der Waals surface area contributed by atoms with E-state index in [2.05, 4.69) is 5.32 Å². The Labute approximate surface area is 127 Å². The van der Waals surface area contributed by atoms with Gasteiger partial charge in [0.25, 0.3) is 0 Å². The first kappa shape index (κ1) is 16.8. The zero-order valence-corrected chi connectivity index (χ0v) is 12.7. The molecule has 0 aromatic heterocycles. The second-order valence-corrected chi connectivity index (χ2v) is 5.27. The number of nitrogens with zero attached hydrogens (tertiary/aromatic N) is 1. The summed E-state index contributed by atoms with van der Waals surface area (Å²) in [5.41, 5.74) is 0.851. The molecule has 110 valence electrons. The smallest absolute Gasteiger partial charge is 0.322 e. The van der Waals surface area contributed by atoms with Gasteiger partial charge < -0.3 is 10.4 Å². The highest BCUT2D eigenvalue weighted by molar-refractivity contribution is 6.35. The van der Waals surface area contributed by atoms with Crippen molar-refractivity contribution in [1.29, 1.82) is 0 Å². The predicted molar refractivity (Wildman–Crippen MR) is 78.2 cm³/mol. The highest BCUT2D eigenvalue weighted by Gasteiger charge is 2.17. The molecule has 20 heavy (non-hydrogen) atoms. The summed E-state index contributed by atoms with van der Waals surface area (Å²) in [5.74, 6) is -1.43. The van der Waals surface area contributed by atoms with Crippen LogP contribution in [0.4, 0.5) is 0 Å². The summed E-state index contributed by atoms with van der Waals surface area (Å²) in [6.07, 6.45) is 0. The van der Waals surface area contributed by atoms with Crippen molar-refractivity contribution in [3.05, 3.63) is 33.8 Å². The van der Waals surface area contributed by atoms with Crippen LogP contribution in [0.2, 0.25) is 10.0 Å². The zero-order valence-electron chi connectivity index (χ0n) is 11.2. The molecule has 0 bridgehead atoms. The van der Waals surface area contributed by atoms with Gasteiger partial charge in [0.2, 0.25) is 5.91 Å². The second kappa shape index (κ2) is 7.47. The maximum atomic E-state index is 11.6. The maximum Gasteiger partial charge on any atom is 0.322 e. The van der Waals surface area contributed by atoms with Crippen LogP contribution >= 0.6 is 23.2 Å². The van der Waals surface area contributed by atoms with Gasteiger partial charge >= 0.3 is 5.97 Å². The molecule has 1 aromatic rings. The summed E-state index contributed by atoms with van der Waals surface area (Å²) in [5, 5.41) is 11.9. The van der Waals surface area contributed by atoms with Crippen molar-refractivity contribution in [3.8, 4) is 0 Å². The minimum absolute atomic E-state index is 0.0768. The van der Waals surface area contributed by atoms with Gasteiger partial charge in [0.1, 0.15) is 6.54 Å². The predicted octanol–water partition coefficient (Wildman–Crippen LogP) is 2.19. The number of rotatable bonds is 6. The van der Waals surface area contributed by atoms with Crippen LogP contribution in [-0.2, 0) is 9.59 Å². The van der Waals surface area contributed by atoms with E-state index in [9.17, 15) is 9.59 Å². The van der Waals surface area contributed by atoms with Gasteiger partial charge in [0.15, 0.2) is 0 Å². The summed E-state index contributed by atoms with van der Waals surface area (Å²) >= 11 is 12.0. The molecule has 1 rings (SSSR count). The molecule has 1 amide bonds. The Morgan fingerprint density at radius 1 is 1.40 bits per heavy atom. The Hall–Kier alpha value is -1.30. The number of halogens is 2. The first-order chi connectivity index (χ1) is 9.31. The number of carbonyl (C=O) groups excluding carboxylic acids is 1. The average molecular weight is 319 g/mol. The standard InChI is InChI=1S/C13H16Cl2N2O3/c1-8(10-4-3-9(14)5-11(10)15)17(2)7-12(18)16-6-13(19)20/h3-5,8H,6-7H2,1-2H3,(H,16,18)(H,19,20)/t8-/m0/s1. The molecule has 0 aliphatic carbocycles. The first-order valence-corrected chi connectivity index (χ1v) is 6.70. The molecule has 0 unspecified atom stereocenters. The van der Waals surface area contributed by atoms with E-state index in [1.165, 1.54) is 0 Å². The number of nitrogens with one attached hydrogen (secondary N) is 1. The molecule has 0 radical (unpaired) electrons. The van der Waals surface area contributed by atoms with Crippen LogP contribution in [0.3, 0.4) is 0 Å². The van der Waals surface area contributed by atoms with Gasteiger partial charge in [-0.1, -0.05) is 29.3 Å². The molecular weight excluding hydrogens is 303 g/mol. The molecule has 0 spiro atoms. The molecule has 0 heterocycles. The molecular formula is C13H16Cl2N2O3. The molecule has 7 heteroatoms. The van der Waals surface area contributed by atoms with Gasteiger partial charge in [-0.2, -0.15) is 0 Å². The molecule has 5 nitrogen and oxygen atoms in total. The van der Waals surface area contributed by atoms with Crippen LogP contribution < -0.4 is 5.32 Å². The SMILES string of the molecule is C[C@@H](c1ccc(Cl)cc1Cl)N(C)CC(=O)NCC(=O)O. The highest BCUT2D eigenvalue weighted by atomic mass is 35.5. The normalized spacial score (nSPS) is 12.2. The van der Waals surface area contributed by atoms with Gasteiger partial charge in [0.05, 0.1) is 6.54 Å². The van der Waals surface area contributed by atoms with Gasteiger partial charge in [0, 0.05) is 16.1 Å². The third kappa shape index (κ3) is 5.00. The number of hydrogen-bond donors (Lipinski definition) is 2. The lowest BCUT2D eigenvalue weighted by atomic mass is 10.1. The maximum absolute atomic E-state index is 11.6. The summed E-state index contributed by atoms with van der Waals surface area (Å²) in [7, 11) is 1.76. The van der Waals surface area contributed by atoms with Crippen LogP contribution in [-0.4, -0.2) is 42.0 Å². The highest BCUT2D eigenvalue weighted by Crippen LogP contribution is 2.28. The Kier molecular flexibility index (Phi) is 6.26. The first-order valence-electron chi connectivity index (χ1n) is 5.95. The Morgan fingerprint density at radius 2 is 2.05 bits per heavy atom. The number of benzene rings is 1. The molecule has 0 aliphatic heterocycles. The number of carbonyl (C=O) groups is 2. The molecule has 1 atom stereocenters. The summed E-state index contributed by atoms with van der Waals surface area (Å²) in [6, 6.07) is 5.08. The fourth-order valence-electron chi connectivity index (χ4n) is 1.67. The monoisotopic (exact) mass is 318 g/mol. The van der Waals surface area contributed by atoms with E-state index in [0.29, 0.717) is 10.0 Å². The van der Waals surface area contributed by atoms with E-state index in [-0.39, 0.29) is 25.0 Å². The number of amides is 1. The Bertz CT molecular complexity index is 508.